The molecule has 1 aliphatic rings. The van der Waals surface area contributed by atoms with Gasteiger partial charge in [0.25, 0.3) is 5.56 Å². The van der Waals surface area contributed by atoms with Crippen LogP contribution in [0.2, 0.25) is 0 Å². The van der Waals surface area contributed by atoms with Crippen LogP contribution in [-0.2, 0) is 4.79 Å². The fourth-order valence-corrected chi connectivity index (χ4v) is 5.33. The minimum Gasteiger partial charge on any atom is -0.333 e. The van der Waals surface area contributed by atoms with E-state index in [1.807, 2.05) is 55.1 Å². The van der Waals surface area contributed by atoms with Gasteiger partial charge in [-0.2, -0.15) is 0 Å². The molecule has 1 aromatic heterocycles. The van der Waals surface area contributed by atoms with Gasteiger partial charge in [-0.1, -0.05) is 62.9 Å². The Kier molecular flexibility index (Phi) is 7.73. The van der Waals surface area contributed by atoms with Gasteiger partial charge < -0.3 is 4.90 Å². The third-order valence-corrected chi connectivity index (χ3v) is 7.42. The fourth-order valence-electron chi connectivity index (χ4n) is 5.33. The van der Waals surface area contributed by atoms with Crippen molar-refractivity contribution >= 4 is 16.8 Å². The fraction of sp³-hybridized carbons (Fsp3) is 0.500. The minimum atomic E-state index is -0.318. The molecule has 1 aliphatic carbocycles. The van der Waals surface area contributed by atoms with Crippen LogP contribution in [0.4, 0.5) is 0 Å². The van der Waals surface area contributed by atoms with Gasteiger partial charge in [0.05, 0.1) is 22.6 Å². The van der Waals surface area contributed by atoms with Gasteiger partial charge in [0.15, 0.2) is 0 Å². The lowest BCUT2D eigenvalue weighted by Crippen LogP contribution is -2.42. The number of carbonyl (C=O) groups is 1. The topological polar surface area (TPSA) is 55.2 Å². The number of hydrogen-bond acceptors (Lipinski definition) is 3. The molecule has 5 heteroatoms. The van der Waals surface area contributed by atoms with E-state index >= 15 is 0 Å². The van der Waals surface area contributed by atoms with Crippen molar-refractivity contribution < 1.29 is 4.79 Å². The van der Waals surface area contributed by atoms with Crippen molar-refractivity contribution in [2.24, 2.45) is 11.8 Å². The molecule has 0 N–H and O–H groups in total. The molecule has 0 spiro atoms. The van der Waals surface area contributed by atoms with Crippen LogP contribution in [0.5, 0.6) is 0 Å². The zero-order valence-electron chi connectivity index (χ0n) is 21.9. The molecule has 5 nitrogen and oxygen atoms in total. The molecule has 2 aromatic carbocycles. The van der Waals surface area contributed by atoms with Crippen molar-refractivity contribution in [2.75, 3.05) is 6.54 Å². The summed E-state index contributed by atoms with van der Waals surface area (Å²) in [6, 6.07) is 13.3. The first-order chi connectivity index (χ1) is 16.8. The van der Waals surface area contributed by atoms with E-state index in [0.717, 1.165) is 48.9 Å². The van der Waals surface area contributed by atoms with Gasteiger partial charge in [0, 0.05) is 12.5 Å². The van der Waals surface area contributed by atoms with Gasteiger partial charge in [0.1, 0.15) is 5.82 Å². The van der Waals surface area contributed by atoms with Crippen molar-refractivity contribution in [2.45, 2.75) is 79.2 Å². The van der Waals surface area contributed by atoms with E-state index < -0.39 is 0 Å². The number of aromatic nitrogens is 2. The molecule has 0 bridgehead atoms. The molecular formula is C30H39N3O2. The Bertz CT molecular complexity index is 1250. The lowest BCUT2D eigenvalue weighted by atomic mass is 9.87. The number of carbonyl (C=O) groups excluding carboxylic acids is 1. The molecule has 1 heterocycles. The lowest BCUT2D eigenvalue weighted by molar-refractivity contribution is -0.139. The van der Waals surface area contributed by atoms with Crippen molar-refractivity contribution in [1.29, 1.82) is 0 Å². The highest BCUT2D eigenvalue weighted by atomic mass is 16.2. The van der Waals surface area contributed by atoms with E-state index in [0.29, 0.717) is 29.2 Å². The van der Waals surface area contributed by atoms with E-state index in [9.17, 15) is 9.59 Å². The number of amides is 1. The molecule has 1 amide bonds. The Labute approximate surface area is 209 Å². The number of fused-ring (bicyclic) bond motifs is 1. The molecule has 186 valence electrons. The maximum absolute atomic E-state index is 13.9. The molecule has 1 unspecified atom stereocenters. The summed E-state index contributed by atoms with van der Waals surface area (Å²) in [7, 11) is 0. The zero-order valence-corrected chi connectivity index (χ0v) is 21.9. The summed E-state index contributed by atoms with van der Waals surface area (Å²) in [5.74, 6) is 1.40. The number of benzene rings is 2. The Balaban J connectivity index is 1.87. The first-order valence-corrected chi connectivity index (χ1v) is 13.2. The number of hydrogen-bond donors (Lipinski definition) is 0. The van der Waals surface area contributed by atoms with Gasteiger partial charge in [-0.3, -0.25) is 14.2 Å². The second-order valence-corrected chi connectivity index (χ2v) is 10.6. The number of nitrogens with zero attached hydrogens (tertiary/aromatic N) is 3. The van der Waals surface area contributed by atoms with E-state index in [2.05, 4.69) is 26.8 Å². The summed E-state index contributed by atoms with van der Waals surface area (Å²) in [5.41, 5.74) is 3.58. The van der Waals surface area contributed by atoms with Gasteiger partial charge in [-0.25, -0.2) is 4.98 Å². The smallest absolute Gasteiger partial charge is 0.266 e. The standard InChI is InChI=1S/C30H39N3O2/c1-20(2)17-18-32(29(34)24-11-7-6-8-12-24)23(5)28-31-26-14-10-9-13-25(26)30(35)33(28)27-16-15-21(3)19-22(27)4/h9-10,13-16,19-20,23-24H,6-8,11-12,17-18H2,1-5H3. The quantitative estimate of drug-likeness (QED) is 0.393. The van der Waals surface area contributed by atoms with Gasteiger partial charge in [0.2, 0.25) is 5.91 Å². The molecule has 3 aromatic rings. The third-order valence-electron chi connectivity index (χ3n) is 7.42. The van der Waals surface area contributed by atoms with Crippen molar-refractivity contribution in [3.8, 4) is 5.69 Å². The highest BCUT2D eigenvalue weighted by Crippen LogP contribution is 2.31. The Morgan fingerprint density at radius 3 is 2.46 bits per heavy atom. The summed E-state index contributed by atoms with van der Waals surface area (Å²) in [5, 5.41) is 0.593. The van der Waals surface area contributed by atoms with E-state index in [4.69, 9.17) is 4.98 Å². The van der Waals surface area contributed by atoms with Crippen LogP contribution < -0.4 is 5.56 Å². The van der Waals surface area contributed by atoms with Crippen LogP contribution in [0.3, 0.4) is 0 Å². The number of aryl methyl sites for hydroxylation is 2. The van der Waals surface area contributed by atoms with Crippen molar-refractivity contribution in [3.05, 3.63) is 69.8 Å². The van der Waals surface area contributed by atoms with E-state index in [-0.39, 0.29) is 23.4 Å². The molecule has 0 radical (unpaired) electrons. The first-order valence-electron chi connectivity index (χ1n) is 13.2. The minimum absolute atomic E-state index is 0.0695. The Morgan fingerprint density at radius 2 is 1.77 bits per heavy atom. The average Bonchev–Trinajstić information content (AvgIpc) is 2.85. The van der Waals surface area contributed by atoms with Gasteiger partial charge in [-0.05, 0) is 69.7 Å². The van der Waals surface area contributed by atoms with Crippen LogP contribution in [-0.4, -0.2) is 26.9 Å². The predicted molar refractivity (Wildman–Crippen MR) is 143 cm³/mol. The predicted octanol–water partition coefficient (Wildman–Crippen LogP) is 6.52. The molecule has 1 atom stereocenters. The summed E-state index contributed by atoms with van der Waals surface area (Å²) >= 11 is 0. The largest absolute Gasteiger partial charge is 0.333 e. The zero-order chi connectivity index (χ0) is 25.1. The number of rotatable bonds is 7. The molecule has 1 fully saturated rings. The maximum atomic E-state index is 13.9. The van der Waals surface area contributed by atoms with Crippen LogP contribution in [0.1, 0.15) is 82.3 Å². The van der Waals surface area contributed by atoms with Crippen molar-refractivity contribution in [3.63, 3.8) is 0 Å². The molecule has 1 saturated carbocycles. The number of para-hydroxylation sites is 1. The summed E-state index contributed by atoms with van der Waals surface area (Å²) in [6.07, 6.45) is 6.28. The van der Waals surface area contributed by atoms with E-state index in [1.165, 1.54) is 6.42 Å². The highest BCUT2D eigenvalue weighted by Gasteiger charge is 2.32. The Morgan fingerprint density at radius 1 is 1.06 bits per heavy atom. The van der Waals surface area contributed by atoms with Crippen LogP contribution >= 0.6 is 0 Å². The monoisotopic (exact) mass is 473 g/mol. The Hall–Kier alpha value is -2.95. The SMILES string of the molecule is Cc1ccc(-n2c(C(C)N(CCC(C)C)C(=O)C3CCCCC3)nc3ccccc3c2=O)c(C)c1. The van der Waals surface area contributed by atoms with Crippen LogP contribution in [0.25, 0.3) is 16.6 Å². The molecule has 4 rings (SSSR count). The lowest BCUT2D eigenvalue weighted by Gasteiger charge is -2.35. The van der Waals surface area contributed by atoms with Crippen LogP contribution in [0.15, 0.2) is 47.3 Å². The summed E-state index contributed by atoms with van der Waals surface area (Å²) in [6.45, 7) is 11.2. The molecular weight excluding hydrogens is 434 g/mol. The molecule has 35 heavy (non-hydrogen) atoms. The second-order valence-electron chi connectivity index (χ2n) is 10.6. The van der Waals surface area contributed by atoms with Crippen LogP contribution in [0, 0.1) is 25.7 Å². The third kappa shape index (κ3) is 5.34. The van der Waals surface area contributed by atoms with Gasteiger partial charge in [-0.15, -0.1) is 0 Å². The second kappa shape index (κ2) is 10.8. The van der Waals surface area contributed by atoms with Crippen molar-refractivity contribution in [1.82, 2.24) is 14.5 Å². The summed E-state index contributed by atoms with van der Waals surface area (Å²) < 4.78 is 1.75. The first kappa shape index (κ1) is 25.2. The maximum Gasteiger partial charge on any atom is 0.266 e. The summed E-state index contributed by atoms with van der Waals surface area (Å²) in [4.78, 5) is 34.7. The average molecular weight is 474 g/mol. The normalized spacial score (nSPS) is 15.5. The molecule has 0 saturated heterocycles. The van der Waals surface area contributed by atoms with E-state index in [1.54, 1.807) is 4.57 Å². The molecule has 0 aliphatic heterocycles. The van der Waals surface area contributed by atoms with Gasteiger partial charge >= 0.3 is 0 Å². The highest BCUT2D eigenvalue weighted by molar-refractivity contribution is 5.80.